The van der Waals surface area contributed by atoms with Crippen LogP contribution in [0.4, 0.5) is 9.59 Å². The Morgan fingerprint density at radius 1 is 0.491 bits per heavy atom. The fourth-order valence-electron chi connectivity index (χ4n) is 6.89. The first-order valence-electron chi connectivity index (χ1n) is 23.0. The van der Waals surface area contributed by atoms with Crippen molar-refractivity contribution in [1.82, 2.24) is 4.90 Å². The molecule has 0 rings (SSSR count). The molecule has 0 aromatic carbocycles. The number of carbonyl (C=O) groups is 2. The average molecular weight is 772 g/mol. The number of thioether (sulfide) groups is 1. The Labute approximate surface area is 333 Å². The smallest absolute Gasteiger partial charge is 0.458 e. The molecule has 53 heavy (non-hydrogen) atoms. The van der Waals surface area contributed by atoms with Crippen molar-refractivity contribution in [3.8, 4) is 0 Å². The second-order valence-corrected chi connectivity index (χ2v) is 16.5. The van der Waals surface area contributed by atoms with Crippen LogP contribution < -0.4 is 0 Å². The minimum Gasteiger partial charge on any atom is -0.458 e. The molecule has 7 nitrogen and oxygen atoms in total. The lowest BCUT2D eigenvalue weighted by atomic mass is 10.0. The van der Waals surface area contributed by atoms with Crippen LogP contribution in [-0.4, -0.2) is 72.8 Å². The SMILES string of the molecule is CCCCCCCCCCCC(CCCCCC)OC(=O)OCCCCCCCCN(CCO)CCCCCCCCOC(=O)SCCCCCCC. The van der Waals surface area contributed by atoms with Crippen LogP contribution in [0.15, 0.2) is 0 Å². The summed E-state index contributed by atoms with van der Waals surface area (Å²) in [6, 6.07) is 0. The van der Waals surface area contributed by atoms with Gasteiger partial charge in [0.15, 0.2) is 0 Å². The molecular weight excluding hydrogens is 683 g/mol. The van der Waals surface area contributed by atoms with Gasteiger partial charge in [0.05, 0.1) is 19.8 Å². The van der Waals surface area contributed by atoms with Crippen molar-refractivity contribution in [2.24, 2.45) is 0 Å². The molecule has 0 spiro atoms. The molecule has 0 bridgehead atoms. The van der Waals surface area contributed by atoms with E-state index in [2.05, 4.69) is 25.7 Å². The average Bonchev–Trinajstić information content (AvgIpc) is 3.15. The lowest BCUT2D eigenvalue weighted by Crippen LogP contribution is -2.29. The molecule has 0 aliphatic rings. The van der Waals surface area contributed by atoms with E-state index in [9.17, 15) is 14.7 Å². The first-order chi connectivity index (χ1) is 26.1. The van der Waals surface area contributed by atoms with Crippen molar-refractivity contribution in [2.75, 3.05) is 45.2 Å². The summed E-state index contributed by atoms with van der Waals surface area (Å²) in [5.41, 5.74) is 0. The highest BCUT2D eigenvalue weighted by molar-refractivity contribution is 8.13. The highest BCUT2D eigenvalue weighted by atomic mass is 32.2. The Bertz CT molecular complexity index is 756. The number of hydrogen-bond acceptors (Lipinski definition) is 8. The second-order valence-electron chi connectivity index (χ2n) is 15.5. The lowest BCUT2D eigenvalue weighted by Gasteiger charge is -2.21. The molecule has 0 aromatic rings. The highest BCUT2D eigenvalue weighted by Gasteiger charge is 2.15. The Balaban J connectivity index is 3.84. The first-order valence-corrected chi connectivity index (χ1v) is 24.0. The predicted octanol–water partition coefficient (Wildman–Crippen LogP) is 14.2. The van der Waals surface area contributed by atoms with Gasteiger partial charge in [-0.2, -0.15) is 0 Å². The van der Waals surface area contributed by atoms with Gasteiger partial charge in [0.1, 0.15) is 6.10 Å². The summed E-state index contributed by atoms with van der Waals surface area (Å²) in [7, 11) is 0. The van der Waals surface area contributed by atoms with Crippen LogP contribution in [0, 0.1) is 0 Å². The third-order valence-corrected chi connectivity index (χ3v) is 11.2. The molecule has 0 saturated carbocycles. The van der Waals surface area contributed by atoms with Gasteiger partial charge in [0.25, 0.3) is 0 Å². The number of rotatable bonds is 42. The van der Waals surface area contributed by atoms with Crippen LogP contribution in [0.25, 0.3) is 0 Å². The van der Waals surface area contributed by atoms with Crippen molar-refractivity contribution in [3.63, 3.8) is 0 Å². The maximum atomic E-state index is 12.5. The zero-order valence-corrected chi connectivity index (χ0v) is 36.3. The molecule has 0 aliphatic heterocycles. The number of carbonyl (C=O) groups excluding carboxylic acids is 2. The molecule has 0 heterocycles. The zero-order valence-electron chi connectivity index (χ0n) is 35.5. The molecule has 316 valence electrons. The molecular formula is C45H89NO6S. The molecule has 0 aliphatic carbocycles. The number of ether oxygens (including phenoxy) is 3. The van der Waals surface area contributed by atoms with E-state index in [4.69, 9.17) is 14.2 Å². The number of hydrogen-bond donors (Lipinski definition) is 1. The Hall–Kier alpha value is -0.990. The lowest BCUT2D eigenvalue weighted by molar-refractivity contribution is 0.0154. The van der Waals surface area contributed by atoms with Gasteiger partial charge in [-0.1, -0.05) is 168 Å². The van der Waals surface area contributed by atoms with E-state index in [-0.39, 0.29) is 18.0 Å². The maximum absolute atomic E-state index is 12.5. The minimum absolute atomic E-state index is 0.00215. The molecule has 0 amide bonds. The van der Waals surface area contributed by atoms with Crippen LogP contribution in [0.2, 0.25) is 0 Å². The summed E-state index contributed by atoms with van der Waals surface area (Å²) in [5.74, 6) is 0.881. The fraction of sp³-hybridized carbons (Fsp3) is 0.956. The molecule has 0 aromatic heterocycles. The van der Waals surface area contributed by atoms with E-state index in [0.29, 0.717) is 13.2 Å². The summed E-state index contributed by atoms with van der Waals surface area (Å²) < 4.78 is 16.6. The molecule has 1 atom stereocenters. The molecule has 8 heteroatoms. The fourth-order valence-corrected chi connectivity index (χ4v) is 7.58. The van der Waals surface area contributed by atoms with Crippen molar-refractivity contribution >= 4 is 23.2 Å². The number of nitrogens with zero attached hydrogens (tertiary/aromatic N) is 1. The third kappa shape index (κ3) is 40.5. The van der Waals surface area contributed by atoms with Crippen LogP contribution in [-0.2, 0) is 14.2 Å². The number of aliphatic hydroxyl groups excluding tert-OH is 1. The first kappa shape index (κ1) is 52.0. The molecule has 1 N–H and O–H groups in total. The highest BCUT2D eigenvalue weighted by Crippen LogP contribution is 2.18. The van der Waals surface area contributed by atoms with E-state index in [0.717, 1.165) is 96.0 Å². The predicted molar refractivity (Wildman–Crippen MR) is 228 cm³/mol. The summed E-state index contributed by atoms with van der Waals surface area (Å²) in [6.45, 7) is 10.8. The van der Waals surface area contributed by atoms with Crippen LogP contribution >= 0.6 is 11.8 Å². The van der Waals surface area contributed by atoms with Gasteiger partial charge >= 0.3 is 11.5 Å². The van der Waals surface area contributed by atoms with Gasteiger partial charge in [-0.25, -0.2) is 9.59 Å². The van der Waals surface area contributed by atoms with Crippen molar-refractivity contribution in [3.05, 3.63) is 0 Å². The zero-order chi connectivity index (χ0) is 38.7. The van der Waals surface area contributed by atoms with Crippen molar-refractivity contribution < 1.29 is 28.9 Å². The third-order valence-electron chi connectivity index (χ3n) is 10.3. The van der Waals surface area contributed by atoms with Gasteiger partial charge in [-0.3, -0.25) is 0 Å². The molecule has 0 saturated heterocycles. The quantitative estimate of drug-likeness (QED) is 0.0485. The van der Waals surface area contributed by atoms with Gasteiger partial charge in [0.2, 0.25) is 0 Å². The normalized spacial score (nSPS) is 12.0. The number of unbranched alkanes of at least 4 members (excludes halogenated alkanes) is 25. The van der Waals surface area contributed by atoms with Gasteiger partial charge in [-0.15, -0.1) is 0 Å². The van der Waals surface area contributed by atoms with Crippen LogP contribution in [0.5, 0.6) is 0 Å². The van der Waals surface area contributed by atoms with Gasteiger partial charge in [0, 0.05) is 12.3 Å². The summed E-state index contributed by atoms with van der Waals surface area (Å²) >= 11 is 1.33. The van der Waals surface area contributed by atoms with Crippen molar-refractivity contribution in [1.29, 1.82) is 0 Å². The monoisotopic (exact) mass is 772 g/mol. The van der Waals surface area contributed by atoms with Crippen LogP contribution in [0.3, 0.4) is 0 Å². The van der Waals surface area contributed by atoms with E-state index in [1.54, 1.807) is 0 Å². The second kappa shape index (κ2) is 43.7. The molecule has 0 fully saturated rings. The topological polar surface area (TPSA) is 85.3 Å². The Kier molecular flexibility index (Phi) is 42.9. The Morgan fingerprint density at radius 2 is 0.887 bits per heavy atom. The molecule has 1 unspecified atom stereocenters. The Morgan fingerprint density at radius 3 is 1.38 bits per heavy atom. The largest absolute Gasteiger partial charge is 0.508 e. The van der Waals surface area contributed by atoms with E-state index in [1.807, 2.05) is 0 Å². The standard InChI is InChI=1S/C45H89NO6S/c1-4-7-10-13-14-15-16-21-28-35-43(34-27-12-9-6-3)52-44(48)50-40-31-24-19-17-22-29-36-46(38-39-47)37-30-23-18-20-25-32-41-51-45(49)53-42-33-26-11-8-5-2/h43,47H,4-42H2,1-3H3. The number of aliphatic hydroxyl groups is 1. The van der Waals surface area contributed by atoms with Crippen LogP contribution in [0.1, 0.15) is 226 Å². The van der Waals surface area contributed by atoms with Gasteiger partial charge < -0.3 is 24.2 Å². The van der Waals surface area contributed by atoms with Crippen molar-refractivity contribution in [2.45, 2.75) is 232 Å². The van der Waals surface area contributed by atoms with E-state index < -0.39 is 6.16 Å². The summed E-state index contributed by atoms with van der Waals surface area (Å²) in [4.78, 5) is 26.7. The minimum atomic E-state index is -0.471. The van der Waals surface area contributed by atoms with Gasteiger partial charge in [-0.05, 0) is 82.6 Å². The molecule has 0 radical (unpaired) electrons. The maximum Gasteiger partial charge on any atom is 0.508 e. The van der Waals surface area contributed by atoms with E-state index in [1.165, 1.54) is 147 Å². The summed E-state index contributed by atoms with van der Waals surface area (Å²) in [6.07, 6.45) is 37.7. The van der Waals surface area contributed by atoms with E-state index >= 15 is 0 Å². The summed E-state index contributed by atoms with van der Waals surface area (Å²) in [5, 5.41) is 9.42.